The highest BCUT2D eigenvalue weighted by atomic mass is 35.5. The van der Waals surface area contributed by atoms with Gasteiger partial charge in [0.1, 0.15) is 5.76 Å². The van der Waals surface area contributed by atoms with Crippen molar-refractivity contribution < 1.29 is 4.42 Å². The van der Waals surface area contributed by atoms with Crippen molar-refractivity contribution in [3.63, 3.8) is 0 Å². The molecule has 0 bridgehead atoms. The molecule has 1 unspecified atom stereocenters. The number of rotatable bonds is 6. The van der Waals surface area contributed by atoms with E-state index in [-0.39, 0.29) is 6.04 Å². The van der Waals surface area contributed by atoms with Crippen LogP contribution in [0, 0.1) is 0 Å². The number of benzene rings is 1. The Hall–Kier alpha value is -0.960. The molecule has 0 aliphatic carbocycles. The molecule has 0 fully saturated rings. The lowest BCUT2D eigenvalue weighted by Gasteiger charge is -2.20. The van der Waals surface area contributed by atoms with Gasteiger partial charge < -0.3 is 9.73 Å². The summed E-state index contributed by atoms with van der Waals surface area (Å²) in [6.45, 7) is 5.14. The molecule has 0 aliphatic heterocycles. The minimum atomic E-state index is 0.0356. The average Bonchev–Trinajstić information content (AvgIpc) is 2.89. The molecule has 4 heteroatoms. The van der Waals surface area contributed by atoms with Crippen molar-refractivity contribution >= 4 is 23.2 Å². The van der Waals surface area contributed by atoms with Gasteiger partial charge in [0.15, 0.2) is 0 Å². The molecule has 1 heterocycles. The van der Waals surface area contributed by atoms with Crippen LogP contribution in [0.5, 0.6) is 0 Å². The SMILES string of the molecule is CCCNC(c1ccc(Cl)cc1Cl)c1ccoc1CC. The van der Waals surface area contributed by atoms with Gasteiger partial charge in [-0.05, 0) is 36.7 Å². The van der Waals surface area contributed by atoms with E-state index in [1.165, 1.54) is 0 Å². The maximum atomic E-state index is 6.36. The molecular formula is C16H19Cl2NO. The Labute approximate surface area is 130 Å². The van der Waals surface area contributed by atoms with Crippen LogP contribution in [0.25, 0.3) is 0 Å². The Balaban J connectivity index is 2.41. The predicted octanol–water partition coefficient (Wildman–Crippen LogP) is 5.24. The van der Waals surface area contributed by atoms with Crippen molar-refractivity contribution in [2.75, 3.05) is 6.54 Å². The molecule has 1 aromatic carbocycles. The maximum absolute atomic E-state index is 6.36. The van der Waals surface area contributed by atoms with Crippen molar-refractivity contribution in [2.24, 2.45) is 0 Å². The number of aryl methyl sites for hydroxylation is 1. The quantitative estimate of drug-likeness (QED) is 0.789. The second-order valence-electron chi connectivity index (χ2n) is 4.71. The lowest BCUT2D eigenvalue weighted by molar-refractivity contribution is 0.500. The highest BCUT2D eigenvalue weighted by molar-refractivity contribution is 6.35. The fourth-order valence-corrected chi connectivity index (χ4v) is 2.82. The Bertz CT molecular complexity index is 565. The first-order chi connectivity index (χ1) is 9.67. The van der Waals surface area contributed by atoms with Crippen LogP contribution in [0.3, 0.4) is 0 Å². The molecular weight excluding hydrogens is 293 g/mol. The van der Waals surface area contributed by atoms with Gasteiger partial charge in [-0.2, -0.15) is 0 Å². The van der Waals surface area contributed by atoms with Crippen LogP contribution in [0.2, 0.25) is 10.0 Å². The van der Waals surface area contributed by atoms with E-state index in [2.05, 4.69) is 19.2 Å². The fourth-order valence-electron chi connectivity index (χ4n) is 2.31. The van der Waals surface area contributed by atoms with E-state index >= 15 is 0 Å². The lowest BCUT2D eigenvalue weighted by Crippen LogP contribution is -2.24. The summed E-state index contributed by atoms with van der Waals surface area (Å²) in [5.74, 6) is 0.990. The standard InChI is InChI=1S/C16H19Cl2NO/c1-3-8-19-16(13-7-9-20-15(13)4-2)12-6-5-11(17)10-14(12)18/h5-7,9-10,16,19H,3-4,8H2,1-2H3. The Kier molecular flexibility index (Phi) is 5.53. The molecule has 0 amide bonds. The van der Waals surface area contributed by atoms with Crippen molar-refractivity contribution in [3.8, 4) is 0 Å². The molecule has 0 saturated carbocycles. The summed E-state index contributed by atoms with van der Waals surface area (Å²) in [6, 6.07) is 7.68. The minimum Gasteiger partial charge on any atom is -0.469 e. The second kappa shape index (κ2) is 7.16. The van der Waals surface area contributed by atoms with Crippen molar-refractivity contribution in [1.29, 1.82) is 0 Å². The van der Waals surface area contributed by atoms with Crippen LogP contribution in [-0.4, -0.2) is 6.54 Å². The van der Waals surface area contributed by atoms with Gasteiger partial charge in [0.25, 0.3) is 0 Å². The summed E-state index contributed by atoms with van der Waals surface area (Å²) in [4.78, 5) is 0. The van der Waals surface area contributed by atoms with E-state index in [4.69, 9.17) is 27.6 Å². The molecule has 1 atom stereocenters. The normalized spacial score (nSPS) is 12.6. The van der Waals surface area contributed by atoms with Crippen LogP contribution in [0.4, 0.5) is 0 Å². The molecule has 2 rings (SSSR count). The zero-order valence-electron chi connectivity index (χ0n) is 11.7. The number of nitrogens with one attached hydrogen (secondary N) is 1. The zero-order chi connectivity index (χ0) is 14.5. The van der Waals surface area contributed by atoms with Gasteiger partial charge in [0.2, 0.25) is 0 Å². The summed E-state index contributed by atoms with van der Waals surface area (Å²) in [5.41, 5.74) is 2.17. The summed E-state index contributed by atoms with van der Waals surface area (Å²) >= 11 is 12.3. The van der Waals surface area contributed by atoms with Crippen LogP contribution >= 0.6 is 23.2 Å². The van der Waals surface area contributed by atoms with E-state index in [9.17, 15) is 0 Å². The largest absolute Gasteiger partial charge is 0.469 e. The molecule has 0 saturated heterocycles. The van der Waals surface area contributed by atoms with Gasteiger partial charge in [-0.1, -0.05) is 43.1 Å². The molecule has 0 spiro atoms. The predicted molar refractivity (Wildman–Crippen MR) is 84.7 cm³/mol. The summed E-state index contributed by atoms with van der Waals surface area (Å²) in [6.07, 6.45) is 3.65. The maximum Gasteiger partial charge on any atom is 0.108 e. The molecule has 1 aromatic heterocycles. The van der Waals surface area contributed by atoms with Crippen molar-refractivity contribution in [1.82, 2.24) is 5.32 Å². The fraction of sp³-hybridized carbons (Fsp3) is 0.375. The number of halogens is 2. The third-order valence-electron chi connectivity index (χ3n) is 3.28. The number of furan rings is 1. The van der Waals surface area contributed by atoms with Gasteiger partial charge in [-0.15, -0.1) is 0 Å². The van der Waals surface area contributed by atoms with Crippen molar-refractivity contribution in [3.05, 3.63) is 57.5 Å². The molecule has 2 aromatic rings. The first-order valence-corrected chi connectivity index (χ1v) is 7.67. The van der Waals surface area contributed by atoms with Crippen molar-refractivity contribution in [2.45, 2.75) is 32.7 Å². The van der Waals surface area contributed by atoms with E-state index in [1.807, 2.05) is 18.2 Å². The van der Waals surface area contributed by atoms with E-state index in [0.717, 1.165) is 36.3 Å². The third-order valence-corrected chi connectivity index (χ3v) is 3.85. The number of hydrogen-bond acceptors (Lipinski definition) is 2. The first-order valence-electron chi connectivity index (χ1n) is 6.92. The monoisotopic (exact) mass is 311 g/mol. The lowest BCUT2D eigenvalue weighted by atomic mass is 9.98. The van der Waals surface area contributed by atoms with Crippen LogP contribution in [0.1, 0.15) is 43.2 Å². The summed E-state index contributed by atoms with van der Waals surface area (Å²) in [7, 11) is 0. The average molecular weight is 312 g/mol. The Morgan fingerprint density at radius 1 is 1.15 bits per heavy atom. The highest BCUT2D eigenvalue weighted by Gasteiger charge is 2.20. The summed E-state index contributed by atoms with van der Waals surface area (Å²) in [5, 5.41) is 4.86. The van der Waals surface area contributed by atoms with Gasteiger partial charge in [0, 0.05) is 22.0 Å². The Morgan fingerprint density at radius 3 is 2.60 bits per heavy atom. The van der Waals surface area contributed by atoms with E-state index < -0.39 is 0 Å². The molecule has 0 radical (unpaired) electrons. The minimum absolute atomic E-state index is 0.0356. The molecule has 0 aliphatic rings. The number of hydrogen-bond donors (Lipinski definition) is 1. The smallest absolute Gasteiger partial charge is 0.108 e. The highest BCUT2D eigenvalue weighted by Crippen LogP contribution is 2.32. The van der Waals surface area contributed by atoms with Crippen LogP contribution in [0.15, 0.2) is 34.9 Å². The van der Waals surface area contributed by atoms with E-state index in [0.29, 0.717) is 10.0 Å². The second-order valence-corrected chi connectivity index (χ2v) is 5.55. The Morgan fingerprint density at radius 2 is 1.95 bits per heavy atom. The molecule has 2 nitrogen and oxygen atoms in total. The molecule has 1 N–H and O–H groups in total. The van der Waals surface area contributed by atoms with Gasteiger partial charge >= 0.3 is 0 Å². The van der Waals surface area contributed by atoms with E-state index in [1.54, 1.807) is 12.3 Å². The molecule has 108 valence electrons. The zero-order valence-corrected chi connectivity index (χ0v) is 13.3. The van der Waals surface area contributed by atoms with Gasteiger partial charge in [-0.25, -0.2) is 0 Å². The topological polar surface area (TPSA) is 25.2 Å². The van der Waals surface area contributed by atoms with Gasteiger partial charge in [-0.3, -0.25) is 0 Å². The molecule has 20 heavy (non-hydrogen) atoms. The third kappa shape index (κ3) is 3.38. The van der Waals surface area contributed by atoms with Crippen LogP contribution in [-0.2, 0) is 6.42 Å². The van der Waals surface area contributed by atoms with Gasteiger partial charge in [0.05, 0.1) is 12.3 Å². The summed E-state index contributed by atoms with van der Waals surface area (Å²) < 4.78 is 5.55. The first kappa shape index (κ1) is 15.4. The van der Waals surface area contributed by atoms with Crippen LogP contribution < -0.4 is 5.32 Å².